The van der Waals surface area contributed by atoms with E-state index < -0.39 is 16.1 Å². The minimum absolute atomic E-state index is 0.0483. The molecule has 0 saturated carbocycles. The van der Waals surface area contributed by atoms with E-state index in [0.29, 0.717) is 10.2 Å². The zero-order valence-corrected chi connectivity index (χ0v) is 17.0. The number of urea groups is 1. The van der Waals surface area contributed by atoms with Crippen LogP contribution in [0.5, 0.6) is 0 Å². The first-order valence-electron chi connectivity index (χ1n) is 8.26. The van der Waals surface area contributed by atoms with Crippen LogP contribution in [0.25, 0.3) is 0 Å². The molecule has 1 heterocycles. The van der Waals surface area contributed by atoms with Gasteiger partial charge >= 0.3 is 6.03 Å². The Labute approximate surface area is 171 Å². The Balaban J connectivity index is 1.87. The van der Waals surface area contributed by atoms with Gasteiger partial charge in [-0.15, -0.1) is 4.83 Å². The fraction of sp³-hybridized carbons (Fsp3) is 0.0526. The van der Waals surface area contributed by atoms with E-state index in [1.165, 1.54) is 12.1 Å². The number of pyridine rings is 1. The molecule has 144 valence electrons. The van der Waals surface area contributed by atoms with Crippen molar-refractivity contribution in [3.63, 3.8) is 0 Å². The van der Waals surface area contributed by atoms with Crippen LogP contribution in [-0.2, 0) is 16.6 Å². The zero-order valence-electron chi connectivity index (χ0n) is 14.6. The summed E-state index contributed by atoms with van der Waals surface area (Å²) in [6.45, 7) is 0.195. The van der Waals surface area contributed by atoms with E-state index >= 15 is 0 Å². The summed E-state index contributed by atoms with van der Waals surface area (Å²) < 4.78 is 26.1. The van der Waals surface area contributed by atoms with Crippen molar-refractivity contribution in [2.45, 2.75) is 11.4 Å². The van der Waals surface area contributed by atoms with Gasteiger partial charge in [-0.2, -0.15) is 0 Å². The molecule has 0 fully saturated rings. The van der Waals surface area contributed by atoms with E-state index in [1.807, 2.05) is 6.07 Å². The molecule has 0 bridgehead atoms. The number of hydrogen-bond acceptors (Lipinski definition) is 4. The topological polar surface area (TPSA) is 91.4 Å². The number of sulfonamides is 1. The number of nitrogens with one attached hydrogen (secondary N) is 2. The summed E-state index contributed by atoms with van der Waals surface area (Å²) in [5, 5.41) is 3.66. The van der Waals surface area contributed by atoms with E-state index in [1.54, 1.807) is 60.9 Å². The van der Waals surface area contributed by atoms with Crippen molar-refractivity contribution in [3.8, 4) is 0 Å². The molecule has 0 aliphatic heterocycles. The molecule has 0 atom stereocenters. The highest BCUT2D eigenvalue weighted by Gasteiger charge is 2.25. The lowest BCUT2D eigenvalue weighted by Gasteiger charge is -2.24. The maximum absolute atomic E-state index is 12.8. The van der Waals surface area contributed by atoms with Crippen LogP contribution in [0.3, 0.4) is 0 Å². The molecule has 2 aromatic carbocycles. The van der Waals surface area contributed by atoms with Gasteiger partial charge in [0.2, 0.25) is 0 Å². The summed E-state index contributed by atoms with van der Waals surface area (Å²) in [4.78, 5) is 19.2. The average Bonchev–Trinajstić information content (AvgIpc) is 2.72. The lowest BCUT2D eigenvalue weighted by molar-refractivity contribution is 0.245. The number of amides is 2. The van der Waals surface area contributed by atoms with Crippen LogP contribution in [0.15, 0.2) is 88.5 Å². The number of halogens is 1. The summed E-state index contributed by atoms with van der Waals surface area (Å²) in [6.07, 6.45) is 3.25. The standard InChI is InChI=1S/C19H17BrN4O3S/c20-17-10-4-5-11-18(17)24(19(25)22-14-15-7-6-12-21-13-15)23-28(26,27)16-8-2-1-3-9-16/h1-13,23H,14H2,(H,22,25). The van der Waals surface area contributed by atoms with Gasteiger partial charge in [0.05, 0.1) is 10.6 Å². The van der Waals surface area contributed by atoms with Crippen LogP contribution in [0.2, 0.25) is 0 Å². The lowest BCUT2D eigenvalue weighted by Crippen LogP contribution is -2.51. The van der Waals surface area contributed by atoms with Crippen molar-refractivity contribution in [1.82, 2.24) is 15.1 Å². The number of nitrogens with zero attached hydrogens (tertiary/aromatic N) is 2. The van der Waals surface area contributed by atoms with Gasteiger partial charge in [0, 0.05) is 23.4 Å². The Morgan fingerprint density at radius 3 is 2.39 bits per heavy atom. The maximum Gasteiger partial charge on any atom is 0.337 e. The van der Waals surface area contributed by atoms with Crippen molar-refractivity contribution in [3.05, 3.63) is 89.2 Å². The molecule has 0 aliphatic rings. The summed E-state index contributed by atoms with van der Waals surface area (Å²) in [7, 11) is -3.97. The summed E-state index contributed by atoms with van der Waals surface area (Å²) >= 11 is 3.36. The molecular weight excluding hydrogens is 444 g/mol. The molecule has 2 amide bonds. The van der Waals surface area contributed by atoms with Crippen molar-refractivity contribution in [1.29, 1.82) is 0 Å². The highest BCUT2D eigenvalue weighted by atomic mass is 79.9. The first-order valence-corrected chi connectivity index (χ1v) is 10.5. The van der Waals surface area contributed by atoms with Gasteiger partial charge in [-0.3, -0.25) is 4.98 Å². The van der Waals surface area contributed by atoms with E-state index in [-0.39, 0.29) is 11.4 Å². The number of aromatic nitrogens is 1. The normalized spacial score (nSPS) is 11.0. The Hall–Kier alpha value is -2.75. The van der Waals surface area contributed by atoms with Crippen LogP contribution in [-0.4, -0.2) is 19.4 Å². The summed E-state index contributed by atoms with van der Waals surface area (Å²) in [6, 6.07) is 17.6. The fourth-order valence-electron chi connectivity index (χ4n) is 2.37. The first-order chi connectivity index (χ1) is 13.5. The molecule has 2 N–H and O–H groups in total. The summed E-state index contributed by atoms with van der Waals surface area (Å²) in [5.74, 6) is 0. The van der Waals surface area contributed by atoms with Gasteiger partial charge in [-0.05, 0) is 51.8 Å². The number of para-hydroxylation sites is 1. The van der Waals surface area contributed by atoms with E-state index in [4.69, 9.17) is 0 Å². The highest BCUT2D eigenvalue weighted by Crippen LogP contribution is 2.25. The van der Waals surface area contributed by atoms with Gasteiger partial charge in [0.25, 0.3) is 10.0 Å². The second kappa shape index (κ2) is 8.96. The first kappa shape index (κ1) is 20.0. The lowest BCUT2D eigenvalue weighted by atomic mass is 10.3. The molecular formula is C19H17BrN4O3S. The maximum atomic E-state index is 12.8. The largest absolute Gasteiger partial charge is 0.337 e. The number of carbonyl (C=O) groups excluding carboxylic acids is 1. The SMILES string of the molecule is O=C(NCc1cccnc1)N(NS(=O)(=O)c1ccccc1)c1ccccc1Br. The zero-order chi connectivity index (χ0) is 20.0. The number of benzene rings is 2. The van der Waals surface area contributed by atoms with Crippen LogP contribution < -0.4 is 15.2 Å². The van der Waals surface area contributed by atoms with Gasteiger partial charge < -0.3 is 5.32 Å². The van der Waals surface area contributed by atoms with Gasteiger partial charge in [-0.25, -0.2) is 18.2 Å². The van der Waals surface area contributed by atoms with Gasteiger partial charge in [-0.1, -0.05) is 36.4 Å². The third kappa shape index (κ3) is 4.94. The number of rotatable bonds is 6. The Morgan fingerprint density at radius 1 is 1.00 bits per heavy atom. The van der Waals surface area contributed by atoms with E-state index in [2.05, 4.69) is 31.1 Å². The highest BCUT2D eigenvalue weighted by molar-refractivity contribution is 9.10. The number of hydrogen-bond donors (Lipinski definition) is 2. The molecule has 0 aliphatic carbocycles. The van der Waals surface area contributed by atoms with E-state index in [9.17, 15) is 13.2 Å². The average molecular weight is 461 g/mol. The predicted octanol–water partition coefficient (Wildman–Crippen LogP) is 3.45. The van der Waals surface area contributed by atoms with Crippen molar-refractivity contribution in [2.24, 2.45) is 0 Å². The van der Waals surface area contributed by atoms with Crippen LogP contribution in [0.4, 0.5) is 10.5 Å². The smallest absolute Gasteiger partial charge is 0.332 e. The van der Waals surface area contributed by atoms with Crippen molar-refractivity contribution < 1.29 is 13.2 Å². The third-order valence-corrected chi connectivity index (χ3v) is 5.71. The Kier molecular flexibility index (Phi) is 6.40. The quantitative estimate of drug-likeness (QED) is 0.551. The Morgan fingerprint density at radius 2 is 1.71 bits per heavy atom. The number of carbonyl (C=O) groups is 1. The molecule has 3 aromatic rings. The van der Waals surface area contributed by atoms with Crippen molar-refractivity contribution >= 4 is 37.7 Å². The molecule has 0 radical (unpaired) electrons. The van der Waals surface area contributed by atoms with Crippen LogP contribution in [0.1, 0.15) is 5.56 Å². The van der Waals surface area contributed by atoms with Crippen LogP contribution in [0, 0.1) is 0 Å². The minimum atomic E-state index is -3.97. The van der Waals surface area contributed by atoms with Crippen molar-refractivity contribution in [2.75, 3.05) is 5.01 Å². The summed E-state index contributed by atoms with van der Waals surface area (Å²) in [5.41, 5.74) is 1.14. The molecule has 7 nitrogen and oxygen atoms in total. The molecule has 3 rings (SSSR count). The molecule has 0 saturated heterocycles. The van der Waals surface area contributed by atoms with Gasteiger partial charge in [0.1, 0.15) is 0 Å². The molecule has 1 aromatic heterocycles. The minimum Gasteiger partial charge on any atom is -0.332 e. The molecule has 9 heteroatoms. The molecule has 0 unspecified atom stereocenters. The third-order valence-electron chi connectivity index (χ3n) is 3.73. The fourth-order valence-corrected chi connectivity index (χ4v) is 3.87. The predicted molar refractivity (Wildman–Crippen MR) is 110 cm³/mol. The second-order valence-electron chi connectivity index (χ2n) is 5.71. The second-order valence-corrected chi connectivity index (χ2v) is 8.23. The van der Waals surface area contributed by atoms with E-state index in [0.717, 1.165) is 10.6 Å². The number of hydrazine groups is 1. The molecule has 0 spiro atoms. The molecule has 28 heavy (non-hydrogen) atoms. The van der Waals surface area contributed by atoms with Gasteiger partial charge in [0.15, 0.2) is 0 Å². The number of anilines is 1. The monoisotopic (exact) mass is 460 g/mol. The van der Waals surface area contributed by atoms with Crippen LogP contribution >= 0.6 is 15.9 Å². The Bertz CT molecular complexity index is 1050.